The molecule has 0 unspecified atom stereocenters. The second-order valence-corrected chi connectivity index (χ2v) is 8.97. The van der Waals surface area contributed by atoms with Crippen molar-refractivity contribution in [3.63, 3.8) is 0 Å². The highest BCUT2D eigenvalue weighted by atomic mass is 32.1. The Bertz CT molecular complexity index is 850. The van der Waals surface area contributed by atoms with E-state index in [4.69, 9.17) is 0 Å². The summed E-state index contributed by atoms with van der Waals surface area (Å²) in [6, 6.07) is 8.88. The normalized spacial score (nSPS) is 18.7. The maximum absolute atomic E-state index is 12.4. The number of benzene rings is 1. The fourth-order valence-corrected chi connectivity index (χ4v) is 5.37. The molecule has 1 aliphatic rings. The lowest BCUT2D eigenvalue weighted by atomic mass is 9.92. The van der Waals surface area contributed by atoms with Crippen LogP contribution in [0.25, 0.3) is 0 Å². The summed E-state index contributed by atoms with van der Waals surface area (Å²) < 4.78 is 0. The van der Waals surface area contributed by atoms with E-state index >= 15 is 0 Å². The number of nitrogens with one attached hydrogen (secondary N) is 1. The van der Waals surface area contributed by atoms with Gasteiger partial charge >= 0.3 is 0 Å². The number of amides is 1. The first-order chi connectivity index (χ1) is 14.5. The number of nitrogens with zero attached hydrogens (tertiary/aromatic N) is 2. The zero-order valence-electron chi connectivity index (χ0n) is 17.8. The van der Waals surface area contributed by atoms with Gasteiger partial charge in [-0.3, -0.25) is 19.8 Å². The molecule has 2 atom stereocenters. The highest BCUT2D eigenvalue weighted by molar-refractivity contribution is 7.10. The van der Waals surface area contributed by atoms with Crippen LogP contribution in [-0.2, 0) is 6.42 Å². The van der Waals surface area contributed by atoms with Crippen molar-refractivity contribution in [2.45, 2.75) is 64.5 Å². The van der Waals surface area contributed by atoms with Crippen molar-refractivity contribution < 1.29 is 9.72 Å². The Hall–Kier alpha value is -2.25. The van der Waals surface area contributed by atoms with Gasteiger partial charge < -0.3 is 5.32 Å². The van der Waals surface area contributed by atoms with Gasteiger partial charge in [-0.25, -0.2) is 0 Å². The topological polar surface area (TPSA) is 75.5 Å². The fourth-order valence-electron chi connectivity index (χ4n) is 4.27. The van der Waals surface area contributed by atoms with Crippen LogP contribution in [0.4, 0.5) is 5.69 Å². The number of non-ortho nitro benzene ring substituents is 1. The van der Waals surface area contributed by atoms with Crippen LogP contribution < -0.4 is 5.32 Å². The van der Waals surface area contributed by atoms with Crippen LogP contribution in [0.5, 0.6) is 0 Å². The number of hydrogen-bond donors (Lipinski definition) is 1. The maximum Gasteiger partial charge on any atom is 0.269 e. The lowest BCUT2D eigenvalue weighted by Crippen LogP contribution is -2.45. The summed E-state index contributed by atoms with van der Waals surface area (Å²) in [7, 11) is 0. The molecule has 6 nitrogen and oxygen atoms in total. The van der Waals surface area contributed by atoms with Gasteiger partial charge in [0.15, 0.2) is 0 Å². The van der Waals surface area contributed by atoms with Gasteiger partial charge in [-0.1, -0.05) is 32.6 Å². The molecule has 0 saturated carbocycles. The lowest BCUT2D eigenvalue weighted by Gasteiger charge is -2.41. The first-order valence-corrected chi connectivity index (χ1v) is 11.7. The Balaban J connectivity index is 1.59. The van der Waals surface area contributed by atoms with Gasteiger partial charge in [-0.05, 0) is 48.9 Å². The number of rotatable bonds is 10. The van der Waals surface area contributed by atoms with Gasteiger partial charge in [-0.2, -0.15) is 0 Å². The standard InChI is InChI=1S/C23H31N3O3S/c1-3-4-5-6-7-21-22-19(12-15-30-22)16-17(2)25(21)14-13-24-23(27)18-8-10-20(11-9-18)26(28)29/h8-12,15,17,21H,3-7,13-14,16H2,1-2H3,(H,24,27)/t17-,21+/m1/s1. The minimum Gasteiger partial charge on any atom is -0.351 e. The largest absolute Gasteiger partial charge is 0.351 e. The van der Waals surface area contributed by atoms with E-state index in [0.29, 0.717) is 24.2 Å². The molecule has 1 aromatic carbocycles. The summed E-state index contributed by atoms with van der Waals surface area (Å²) in [5.41, 5.74) is 1.93. The minimum absolute atomic E-state index is 0.00800. The third-order valence-electron chi connectivity index (χ3n) is 5.89. The highest BCUT2D eigenvalue weighted by Gasteiger charge is 2.32. The Morgan fingerprint density at radius 1 is 1.23 bits per heavy atom. The van der Waals surface area contributed by atoms with Crippen LogP contribution >= 0.6 is 11.3 Å². The number of carbonyl (C=O) groups is 1. The smallest absolute Gasteiger partial charge is 0.269 e. The molecule has 1 amide bonds. The van der Waals surface area contributed by atoms with Gasteiger partial charge in [0.05, 0.1) is 4.92 Å². The van der Waals surface area contributed by atoms with E-state index in [-0.39, 0.29) is 11.6 Å². The van der Waals surface area contributed by atoms with E-state index in [1.165, 1.54) is 60.4 Å². The molecule has 2 heterocycles. The number of hydrogen-bond acceptors (Lipinski definition) is 5. The Labute approximate surface area is 182 Å². The van der Waals surface area contributed by atoms with Gasteiger partial charge in [0.25, 0.3) is 11.6 Å². The number of fused-ring (bicyclic) bond motifs is 1. The van der Waals surface area contributed by atoms with Crippen molar-refractivity contribution >= 4 is 22.9 Å². The van der Waals surface area contributed by atoms with Crippen LogP contribution in [0.15, 0.2) is 35.7 Å². The predicted molar refractivity (Wildman–Crippen MR) is 121 cm³/mol. The summed E-state index contributed by atoms with van der Waals surface area (Å²) in [6.07, 6.45) is 7.24. The van der Waals surface area contributed by atoms with Gasteiger partial charge in [0, 0.05) is 47.7 Å². The molecule has 0 saturated heterocycles. The van der Waals surface area contributed by atoms with Gasteiger partial charge in [-0.15, -0.1) is 11.3 Å². The van der Waals surface area contributed by atoms with E-state index in [1.807, 2.05) is 11.3 Å². The number of nitro benzene ring substituents is 1. The van der Waals surface area contributed by atoms with Gasteiger partial charge in [0.1, 0.15) is 0 Å². The number of nitro groups is 1. The third kappa shape index (κ3) is 5.46. The average molecular weight is 430 g/mol. The highest BCUT2D eigenvalue weighted by Crippen LogP contribution is 2.39. The van der Waals surface area contributed by atoms with E-state index in [9.17, 15) is 14.9 Å². The molecule has 7 heteroatoms. The molecular formula is C23H31N3O3S. The Kier molecular flexibility index (Phi) is 7.99. The molecule has 0 spiro atoms. The summed E-state index contributed by atoms with van der Waals surface area (Å²) in [6.45, 7) is 5.87. The second-order valence-electron chi connectivity index (χ2n) is 8.03. The minimum atomic E-state index is -0.459. The monoisotopic (exact) mass is 429 g/mol. The molecule has 1 aromatic heterocycles. The molecular weight excluding hydrogens is 398 g/mol. The van der Waals surface area contributed by atoms with Crippen LogP contribution in [0.2, 0.25) is 0 Å². The zero-order valence-corrected chi connectivity index (χ0v) is 18.6. The molecule has 0 bridgehead atoms. The van der Waals surface area contributed by atoms with Crippen LogP contribution in [0, 0.1) is 10.1 Å². The molecule has 0 radical (unpaired) electrons. The summed E-state index contributed by atoms with van der Waals surface area (Å²) in [5, 5.41) is 16.0. The van der Waals surface area contributed by atoms with Crippen molar-refractivity contribution in [2.24, 2.45) is 0 Å². The molecule has 2 aromatic rings. The molecule has 162 valence electrons. The lowest BCUT2D eigenvalue weighted by molar-refractivity contribution is -0.384. The molecule has 0 aliphatic carbocycles. The zero-order chi connectivity index (χ0) is 21.5. The molecule has 0 fully saturated rings. The number of unbranched alkanes of at least 4 members (excludes halogenated alkanes) is 3. The third-order valence-corrected chi connectivity index (χ3v) is 6.95. The molecule has 30 heavy (non-hydrogen) atoms. The summed E-state index contributed by atoms with van der Waals surface area (Å²) >= 11 is 1.86. The van der Waals surface area contributed by atoms with Gasteiger partial charge in [0.2, 0.25) is 0 Å². The second kappa shape index (κ2) is 10.7. The quantitative estimate of drug-likeness (QED) is 0.314. The van der Waals surface area contributed by atoms with Crippen LogP contribution in [0.3, 0.4) is 0 Å². The summed E-state index contributed by atoms with van der Waals surface area (Å²) in [5.74, 6) is -0.189. The number of thiophene rings is 1. The Morgan fingerprint density at radius 3 is 2.70 bits per heavy atom. The maximum atomic E-state index is 12.4. The summed E-state index contributed by atoms with van der Waals surface area (Å²) in [4.78, 5) is 26.8. The molecule has 1 aliphatic heterocycles. The van der Waals surface area contributed by atoms with E-state index in [2.05, 4.69) is 35.5 Å². The van der Waals surface area contributed by atoms with Crippen molar-refractivity contribution in [1.82, 2.24) is 10.2 Å². The van der Waals surface area contributed by atoms with E-state index in [0.717, 1.165) is 19.4 Å². The predicted octanol–water partition coefficient (Wildman–Crippen LogP) is 5.34. The first kappa shape index (κ1) is 22.4. The van der Waals surface area contributed by atoms with Crippen LogP contribution in [0.1, 0.15) is 72.8 Å². The van der Waals surface area contributed by atoms with E-state index < -0.39 is 4.92 Å². The van der Waals surface area contributed by atoms with Crippen LogP contribution in [-0.4, -0.2) is 34.9 Å². The first-order valence-electron chi connectivity index (χ1n) is 10.9. The number of carbonyl (C=O) groups excluding carboxylic acids is 1. The SMILES string of the molecule is CCCCCC[C@H]1c2sccc2C[C@@H](C)N1CCNC(=O)c1ccc([N+](=O)[O-])cc1. The van der Waals surface area contributed by atoms with E-state index in [1.54, 1.807) is 0 Å². The molecule has 1 N–H and O–H groups in total. The molecule has 3 rings (SSSR count). The van der Waals surface area contributed by atoms with Crippen molar-refractivity contribution in [2.75, 3.05) is 13.1 Å². The average Bonchev–Trinajstić information content (AvgIpc) is 3.20. The van der Waals surface area contributed by atoms with Crippen molar-refractivity contribution in [1.29, 1.82) is 0 Å². The fraction of sp³-hybridized carbons (Fsp3) is 0.522. The van der Waals surface area contributed by atoms with Crippen molar-refractivity contribution in [3.8, 4) is 0 Å². The Morgan fingerprint density at radius 2 is 2.00 bits per heavy atom. The van der Waals surface area contributed by atoms with Crippen molar-refractivity contribution in [3.05, 3.63) is 61.8 Å².